The zero-order valence-corrected chi connectivity index (χ0v) is 14.0. The average Bonchev–Trinajstić information content (AvgIpc) is 2.56. The van der Waals surface area contributed by atoms with Crippen LogP contribution in [0.1, 0.15) is 19.8 Å². The van der Waals surface area contributed by atoms with Crippen molar-refractivity contribution in [2.24, 2.45) is 0 Å². The van der Waals surface area contributed by atoms with E-state index in [1.165, 1.54) is 6.07 Å². The SMILES string of the molecule is CCCCOc1ccccc1NCCNc1ccc(F)c(Cl)c1. The van der Waals surface area contributed by atoms with Crippen LogP contribution in [0.5, 0.6) is 5.75 Å². The van der Waals surface area contributed by atoms with Gasteiger partial charge in [-0.1, -0.05) is 37.1 Å². The molecule has 0 aliphatic carbocycles. The number of hydrogen-bond acceptors (Lipinski definition) is 3. The molecule has 0 bridgehead atoms. The van der Waals surface area contributed by atoms with Crippen molar-refractivity contribution in [3.05, 3.63) is 53.3 Å². The van der Waals surface area contributed by atoms with Gasteiger partial charge in [-0.05, 0) is 36.8 Å². The monoisotopic (exact) mass is 336 g/mol. The Kier molecular flexibility index (Phi) is 7.01. The summed E-state index contributed by atoms with van der Waals surface area (Å²) in [5.41, 5.74) is 1.77. The van der Waals surface area contributed by atoms with Crippen LogP contribution in [0.3, 0.4) is 0 Å². The summed E-state index contributed by atoms with van der Waals surface area (Å²) in [5.74, 6) is 0.458. The highest BCUT2D eigenvalue weighted by Crippen LogP contribution is 2.24. The maximum absolute atomic E-state index is 13.1. The summed E-state index contributed by atoms with van der Waals surface area (Å²) in [7, 11) is 0. The molecule has 2 aromatic rings. The van der Waals surface area contributed by atoms with Gasteiger partial charge in [-0.15, -0.1) is 0 Å². The number of para-hydroxylation sites is 2. The molecule has 0 aliphatic rings. The van der Waals surface area contributed by atoms with Crippen LogP contribution in [-0.4, -0.2) is 19.7 Å². The first-order valence-electron chi connectivity index (χ1n) is 7.85. The van der Waals surface area contributed by atoms with Crippen LogP contribution in [0.15, 0.2) is 42.5 Å². The van der Waals surface area contributed by atoms with Gasteiger partial charge in [0, 0.05) is 18.8 Å². The van der Waals surface area contributed by atoms with Gasteiger partial charge in [0.15, 0.2) is 0 Å². The quantitative estimate of drug-likeness (QED) is 0.619. The van der Waals surface area contributed by atoms with E-state index in [0.717, 1.165) is 36.6 Å². The molecular weight excluding hydrogens is 315 g/mol. The Morgan fingerprint density at radius 3 is 2.65 bits per heavy atom. The molecule has 2 rings (SSSR count). The normalized spacial score (nSPS) is 10.4. The van der Waals surface area contributed by atoms with Gasteiger partial charge in [-0.25, -0.2) is 4.39 Å². The van der Waals surface area contributed by atoms with Crippen LogP contribution >= 0.6 is 11.6 Å². The molecular formula is C18H22ClFN2O. The molecule has 0 heterocycles. The fourth-order valence-corrected chi connectivity index (χ4v) is 2.26. The molecule has 0 fully saturated rings. The fourth-order valence-electron chi connectivity index (χ4n) is 2.08. The third-order valence-corrected chi connectivity index (χ3v) is 3.62. The second-order valence-electron chi connectivity index (χ2n) is 5.18. The van der Waals surface area contributed by atoms with Crippen molar-refractivity contribution >= 4 is 23.0 Å². The summed E-state index contributed by atoms with van der Waals surface area (Å²) in [5, 5.41) is 6.66. The van der Waals surface area contributed by atoms with Crippen molar-refractivity contribution in [1.29, 1.82) is 0 Å². The van der Waals surface area contributed by atoms with Crippen molar-refractivity contribution in [1.82, 2.24) is 0 Å². The lowest BCUT2D eigenvalue weighted by molar-refractivity contribution is 0.311. The van der Waals surface area contributed by atoms with Crippen LogP contribution in [0.2, 0.25) is 5.02 Å². The van der Waals surface area contributed by atoms with E-state index in [1.807, 2.05) is 24.3 Å². The smallest absolute Gasteiger partial charge is 0.142 e. The molecule has 0 radical (unpaired) electrons. The summed E-state index contributed by atoms with van der Waals surface area (Å²) in [6.07, 6.45) is 2.15. The van der Waals surface area contributed by atoms with Crippen molar-refractivity contribution in [3.8, 4) is 5.75 Å². The summed E-state index contributed by atoms with van der Waals surface area (Å²) >= 11 is 5.76. The highest BCUT2D eigenvalue weighted by atomic mass is 35.5. The molecule has 2 N–H and O–H groups in total. The van der Waals surface area contributed by atoms with Crippen LogP contribution in [0.25, 0.3) is 0 Å². The molecule has 0 amide bonds. The first-order valence-corrected chi connectivity index (χ1v) is 8.23. The van der Waals surface area contributed by atoms with Gasteiger partial charge in [-0.2, -0.15) is 0 Å². The number of anilines is 2. The molecule has 0 spiro atoms. The Morgan fingerprint density at radius 1 is 1.09 bits per heavy atom. The molecule has 23 heavy (non-hydrogen) atoms. The average molecular weight is 337 g/mol. The lowest BCUT2D eigenvalue weighted by Crippen LogP contribution is -2.14. The third-order valence-electron chi connectivity index (χ3n) is 3.33. The standard InChI is InChI=1S/C18H22ClFN2O/c1-2-3-12-23-18-7-5-4-6-17(18)22-11-10-21-14-8-9-16(20)15(19)13-14/h4-9,13,21-22H,2-3,10-12H2,1H3. The summed E-state index contributed by atoms with van der Waals surface area (Å²) in [6.45, 7) is 4.26. The largest absolute Gasteiger partial charge is 0.491 e. The van der Waals surface area contributed by atoms with Crippen LogP contribution in [-0.2, 0) is 0 Å². The predicted octanol–water partition coefficient (Wildman–Crippen LogP) is 5.18. The van der Waals surface area contributed by atoms with Crippen LogP contribution in [0, 0.1) is 5.82 Å². The van der Waals surface area contributed by atoms with Gasteiger partial charge >= 0.3 is 0 Å². The highest BCUT2D eigenvalue weighted by Gasteiger charge is 2.03. The van der Waals surface area contributed by atoms with Crippen LogP contribution in [0.4, 0.5) is 15.8 Å². The van der Waals surface area contributed by atoms with E-state index in [0.29, 0.717) is 13.1 Å². The molecule has 124 valence electrons. The minimum absolute atomic E-state index is 0.123. The van der Waals surface area contributed by atoms with E-state index in [9.17, 15) is 4.39 Å². The van der Waals surface area contributed by atoms with Crippen molar-refractivity contribution in [2.75, 3.05) is 30.3 Å². The second-order valence-corrected chi connectivity index (χ2v) is 5.59. The van der Waals surface area contributed by atoms with E-state index in [1.54, 1.807) is 12.1 Å². The van der Waals surface area contributed by atoms with E-state index < -0.39 is 5.82 Å². The molecule has 0 aromatic heterocycles. The summed E-state index contributed by atoms with van der Waals surface area (Å²) in [4.78, 5) is 0. The fraction of sp³-hybridized carbons (Fsp3) is 0.333. The lowest BCUT2D eigenvalue weighted by atomic mass is 10.3. The number of nitrogens with one attached hydrogen (secondary N) is 2. The highest BCUT2D eigenvalue weighted by molar-refractivity contribution is 6.31. The molecule has 0 aliphatic heterocycles. The molecule has 5 heteroatoms. The Bertz CT molecular complexity index is 622. The Morgan fingerprint density at radius 2 is 1.87 bits per heavy atom. The van der Waals surface area contributed by atoms with Crippen molar-refractivity contribution in [3.63, 3.8) is 0 Å². The number of rotatable bonds is 9. The molecule has 0 saturated heterocycles. The van der Waals surface area contributed by atoms with E-state index in [-0.39, 0.29) is 5.02 Å². The van der Waals surface area contributed by atoms with Crippen molar-refractivity contribution < 1.29 is 9.13 Å². The van der Waals surface area contributed by atoms with Gasteiger partial charge < -0.3 is 15.4 Å². The third kappa shape index (κ3) is 5.64. The summed E-state index contributed by atoms with van der Waals surface area (Å²) < 4.78 is 18.9. The molecule has 0 saturated carbocycles. The topological polar surface area (TPSA) is 33.3 Å². The number of ether oxygens (including phenoxy) is 1. The minimum Gasteiger partial charge on any atom is -0.491 e. The molecule has 3 nitrogen and oxygen atoms in total. The van der Waals surface area contributed by atoms with E-state index in [2.05, 4.69) is 17.6 Å². The maximum atomic E-state index is 13.1. The van der Waals surface area contributed by atoms with Crippen LogP contribution < -0.4 is 15.4 Å². The Hall–Kier alpha value is -1.94. The summed E-state index contributed by atoms with van der Waals surface area (Å²) in [6, 6.07) is 12.5. The van der Waals surface area contributed by atoms with Crippen molar-refractivity contribution in [2.45, 2.75) is 19.8 Å². The number of unbranched alkanes of at least 4 members (excludes halogenated alkanes) is 1. The van der Waals surface area contributed by atoms with E-state index >= 15 is 0 Å². The predicted molar refractivity (Wildman–Crippen MR) is 95.2 cm³/mol. The first kappa shape index (κ1) is 17.4. The zero-order valence-electron chi connectivity index (χ0n) is 13.2. The lowest BCUT2D eigenvalue weighted by Gasteiger charge is -2.14. The zero-order chi connectivity index (χ0) is 16.5. The van der Waals surface area contributed by atoms with Gasteiger partial charge in [0.25, 0.3) is 0 Å². The second kappa shape index (κ2) is 9.26. The Balaban J connectivity index is 1.80. The molecule has 2 aromatic carbocycles. The van der Waals surface area contributed by atoms with Gasteiger partial charge in [-0.3, -0.25) is 0 Å². The molecule has 0 atom stereocenters. The molecule has 0 unspecified atom stereocenters. The Labute approximate surface area is 141 Å². The number of halogens is 2. The van der Waals surface area contributed by atoms with Gasteiger partial charge in [0.1, 0.15) is 11.6 Å². The van der Waals surface area contributed by atoms with Gasteiger partial charge in [0.05, 0.1) is 17.3 Å². The number of hydrogen-bond donors (Lipinski definition) is 2. The van der Waals surface area contributed by atoms with Gasteiger partial charge in [0.2, 0.25) is 0 Å². The minimum atomic E-state index is -0.409. The first-order chi connectivity index (χ1) is 11.2. The number of benzene rings is 2. The maximum Gasteiger partial charge on any atom is 0.142 e. The van der Waals surface area contributed by atoms with E-state index in [4.69, 9.17) is 16.3 Å².